The minimum Gasteiger partial charge on any atom is -0.507 e. The number of ether oxygens (including phenoxy) is 1. The van der Waals surface area contributed by atoms with Crippen molar-refractivity contribution in [1.82, 2.24) is 4.90 Å². The second-order valence-electron chi connectivity index (χ2n) is 8.41. The van der Waals surface area contributed by atoms with E-state index >= 15 is 0 Å². The molecule has 6 heteroatoms. The van der Waals surface area contributed by atoms with E-state index in [0.29, 0.717) is 5.56 Å². The van der Waals surface area contributed by atoms with Crippen LogP contribution in [0.5, 0.6) is 11.5 Å². The van der Waals surface area contributed by atoms with Crippen molar-refractivity contribution in [2.24, 2.45) is 0 Å². The predicted molar refractivity (Wildman–Crippen MR) is 137 cm³/mol. The second-order valence-corrected chi connectivity index (χ2v) is 8.93. The summed E-state index contributed by atoms with van der Waals surface area (Å²) in [5.74, 6) is -0.870. The van der Waals surface area contributed by atoms with E-state index in [1.807, 2.05) is 18.2 Å². The van der Waals surface area contributed by atoms with E-state index in [0.717, 1.165) is 23.4 Å². The van der Waals surface area contributed by atoms with Crippen LogP contribution < -0.4 is 4.74 Å². The summed E-state index contributed by atoms with van der Waals surface area (Å²) in [6, 6.07) is 19.7. The van der Waals surface area contributed by atoms with Gasteiger partial charge in [-0.05, 0) is 75.2 Å². The van der Waals surface area contributed by atoms with Gasteiger partial charge in [-0.3, -0.25) is 9.69 Å². The predicted octanol–water partition coefficient (Wildman–Crippen LogP) is 6.12. The maximum absolute atomic E-state index is 12.7. The Labute approximate surface area is 206 Å². The molecule has 0 heterocycles. The lowest BCUT2D eigenvalue weighted by molar-refractivity contribution is 0.0729. The summed E-state index contributed by atoms with van der Waals surface area (Å²) < 4.78 is 5.60. The molecule has 0 amide bonds. The van der Waals surface area contributed by atoms with Gasteiger partial charge in [0.25, 0.3) is 0 Å². The standard InChI is InChI=1S/C28H31NO4S/c1-5-29(18(2)17-21-13-15-22(34)16-14-21)19(3)23-10-8-12-26(27(23)20(4)30)33-28(32)24-9-6-7-11-25(24)31/h6-16,18-19,31,34H,5,17H2,1-4H3. The summed E-state index contributed by atoms with van der Waals surface area (Å²) in [5, 5.41) is 10.0. The largest absolute Gasteiger partial charge is 0.507 e. The molecule has 3 aromatic carbocycles. The summed E-state index contributed by atoms with van der Waals surface area (Å²) in [6.07, 6.45) is 0.851. The molecule has 2 unspecified atom stereocenters. The number of benzene rings is 3. The molecule has 178 valence electrons. The number of Topliss-reactive ketones (excluding diaryl/α,β-unsaturated/α-hetero) is 1. The fraction of sp³-hybridized carbons (Fsp3) is 0.286. The lowest BCUT2D eigenvalue weighted by Crippen LogP contribution is -2.37. The molecule has 0 aliphatic heterocycles. The molecule has 0 saturated heterocycles. The molecule has 0 aliphatic rings. The van der Waals surface area contributed by atoms with Crippen molar-refractivity contribution in [3.63, 3.8) is 0 Å². The zero-order chi connectivity index (χ0) is 24.8. The average molecular weight is 478 g/mol. The fourth-order valence-electron chi connectivity index (χ4n) is 4.40. The number of hydrogen-bond acceptors (Lipinski definition) is 6. The highest BCUT2D eigenvalue weighted by molar-refractivity contribution is 7.80. The Morgan fingerprint density at radius 1 is 1.00 bits per heavy atom. The van der Waals surface area contributed by atoms with Gasteiger partial charge in [0.05, 0.1) is 5.56 Å². The smallest absolute Gasteiger partial charge is 0.347 e. The number of rotatable bonds is 9. The number of nitrogens with zero attached hydrogens (tertiary/aromatic N) is 1. The number of phenols is 1. The molecule has 0 saturated carbocycles. The van der Waals surface area contributed by atoms with Crippen LogP contribution in [0.1, 0.15) is 65.6 Å². The molecule has 0 aliphatic carbocycles. The molecule has 5 nitrogen and oxygen atoms in total. The lowest BCUT2D eigenvalue weighted by atomic mass is 9.95. The van der Waals surface area contributed by atoms with Crippen LogP contribution in [0.3, 0.4) is 0 Å². The summed E-state index contributed by atoms with van der Waals surface area (Å²) in [4.78, 5) is 28.7. The quantitative estimate of drug-likeness (QED) is 0.168. The van der Waals surface area contributed by atoms with E-state index in [1.54, 1.807) is 24.3 Å². The Morgan fingerprint density at radius 3 is 2.29 bits per heavy atom. The summed E-state index contributed by atoms with van der Waals surface area (Å²) in [5.41, 5.74) is 2.44. The molecule has 0 bridgehead atoms. The minimum atomic E-state index is -0.709. The molecule has 0 radical (unpaired) electrons. The van der Waals surface area contributed by atoms with Gasteiger partial charge in [0.15, 0.2) is 5.78 Å². The van der Waals surface area contributed by atoms with Crippen LogP contribution in [0, 0.1) is 0 Å². The first-order valence-electron chi connectivity index (χ1n) is 11.4. The molecule has 0 aromatic heterocycles. The first-order chi connectivity index (χ1) is 16.2. The Kier molecular flexibility index (Phi) is 8.53. The van der Waals surface area contributed by atoms with E-state index in [2.05, 4.69) is 50.4 Å². The lowest BCUT2D eigenvalue weighted by Gasteiger charge is -2.35. The van der Waals surface area contributed by atoms with Gasteiger partial charge in [-0.15, -0.1) is 12.6 Å². The SMILES string of the molecule is CCN(C(C)Cc1ccc(S)cc1)C(C)c1cccc(OC(=O)c2ccccc2O)c1C(C)=O. The zero-order valence-electron chi connectivity index (χ0n) is 20.0. The maximum atomic E-state index is 12.7. The molecule has 2 atom stereocenters. The normalized spacial score (nSPS) is 12.9. The van der Waals surface area contributed by atoms with Crippen molar-refractivity contribution in [3.05, 3.63) is 89.0 Å². The van der Waals surface area contributed by atoms with E-state index in [-0.39, 0.29) is 34.9 Å². The van der Waals surface area contributed by atoms with Crippen LogP contribution >= 0.6 is 12.6 Å². The average Bonchev–Trinajstić information content (AvgIpc) is 2.80. The van der Waals surface area contributed by atoms with Crippen molar-refractivity contribution in [2.45, 2.75) is 51.1 Å². The van der Waals surface area contributed by atoms with Crippen LogP contribution in [0.2, 0.25) is 0 Å². The molecule has 34 heavy (non-hydrogen) atoms. The maximum Gasteiger partial charge on any atom is 0.347 e. The van der Waals surface area contributed by atoms with Crippen molar-refractivity contribution in [3.8, 4) is 11.5 Å². The van der Waals surface area contributed by atoms with Gasteiger partial charge in [-0.2, -0.15) is 0 Å². The first kappa shape index (κ1) is 25.5. The van der Waals surface area contributed by atoms with Gasteiger partial charge < -0.3 is 9.84 Å². The topological polar surface area (TPSA) is 66.8 Å². The highest BCUT2D eigenvalue weighted by atomic mass is 32.1. The van der Waals surface area contributed by atoms with E-state index in [4.69, 9.17) is 4.74 Å². The number of carbonyl (C=O) groups excluding carboxylic acids is 2. The van der Waals surface area contributed by atoms with Gasteiger partial charge in [-0.25, -0.2) is 4.79 Å². The second kappa shape index (κ2) is 11.4. The van der Waals surface area contributed by atoms with Crippen LogP contribution in [0.15, 0.2) is 71.6 Å². The highest BCUT2D eigenvalue weighted by Gasteiger charge is 2.26. The van der Waals surface area contributed by atoms with E-state index < -0.39 is 5.97 Å². The van der Waals surface area contributed by atoms with Crippen LogP contribution in [-0.2, 0) is 6.42 Å². The summed E-state index contributed by atoms with van der Waals surface area (Å²) >= 11 is 4.36. The number of hydrogen-bond donors (Lipinski definition) is 2. The van der Waals surface area contributed by atoms with E-state index in [9.17, 15) is 14.7 Å². The third-order valence-electron chi connectivity index (χ3n) is 6.08. The minimum absolute atomic E-state index is 0.0477. The van der Waals surface area contributed by atoms with Gasteiger partial charge in [0.1, 0.15) is 17.1 Å². The van der Waals surface area contributed by atoms with Gasteiger partial charge >= 0.3 is 5.97 Å². The summed E-state index contributed by atoms with van der Waals surface area (Å²) in [6.45, 7) is 8.59. The van der Waals surface area contributed by atoms with Gasteiger partial charge in [0, 0.05) is 17.0 Å². The molecular formula is C28H31NO4S. The molecular weight excluding hydrogens is 446 g/mol. The zero-order valence-corrected chi connectivity index (χ0v) is 20.9. The number of carbonyl (C=O) groups is 2. The van der Waals surface area contributed by atoms with E-state index in [1.165, 1.54) is 24.6 Å². The third kappa shape index (κ3) is 5.88. The number of ketones is 1. The van der Waals surface area contributed by atoms with Crippen molar-refractivity contribution in [1.29, 1.82) is 0 Å². The number of likely N-dealkylation sites (N-methyl/N-ethyl adjacent to an activating group) is 1. The molecule has 0 fully saturated rings. The number of thiol groups is 1. The number of para-hydroxylation sites is 1. The monoisotopic (exact) mass is 477 g/mol. The van der Waals surface area contributed by atoms with Crippen molar-refractivity contribution in [2.75, 3.05) is 6.54 Å². The number of esters is 1. The fourth-order valence-corrected chi connectivity index (χ4v) is 4.54. The first-order valence-corrected chi connectivity index (χ1v) is 11.8. The molecule has 1 N–H and O–H groups in total. The summed E-state index contributed by atoms with van der Waals surface area (Å²) in [7, 11) is 0. The molecule has 0 spiro atoms. The number of aromatic hydroxyl groups is 1. The highest BCUT2D eigenvalue weighted by Crippen LogP contribution is 2.33. The van der Waals surface area contributed by atoms with Crippen molar-refractivity contribution >= 4 is 24.4 Å². The van der Waals surface area contributed by atoms with Crippen LogP contribution in [-0.4, -0.2) is 34.3 Å². The Hall–Kier alpha value is -3.09. The Bertz CT molecular complexity index is 1160. The molecule has 3 aromatic rings. The van der Waals surface area contributed by atoms with Crippen molar-refractivity contribution < 1.29 is 19.4 Å². The van der Waals surface area contributed by atoms with Gasteiger partial charge in [0.2, 0.25) is 0 Å². The van der Waals surface area contributed by atoms with Gasteiger partial charge in [-0.1, -0.05) is 43.3 Å². The van der Waals surface area contributed by atoms with Crippen LogP contribution in [0.4, 0.5) is 0 Å². The van der Waals surface area contributed by atoms with Crippen LogP contribution in [0.25, 0.3) is 0 Å². The Morgan fingerprint density at radius 2 is 1.68 bits per heavy atom. The molecule has 3 rings (SSSR count). The number of phenolic OH excluding ortho intramolecular Hbond substituents is 1. The Balaban J connectivity index is 1.90. The third-order valence-corrected chi connectivity index (χ3v) is 6.38.